The Labute approximate surface area is 81.2 Å². The van der Waals surface area contributed by atoms with Crippen LogP contribution in [0, 0.1) is 6.92 Å². The quantitative estimate of drug-likeness (QED) is 0.773. The largest absolute Gasteiger partial charge is 0.481 e. The van der Waals surface area contributed by atoms with Gasteiger partial charge in [0.2, 0.25) is 0 Å². The number of nitrogens with two attached hydrogens (primary N) is 1. The summed E-state index contributed by atoms with van der Waals surface area (Å²) in [5.74, 6) is -0.829. The van der Waals surface area contributed by atoms with Gasteiger partial charge in [0.15, 0.2) is 0 Å². The third kappa shape index (κ3) is 2.54. The molecular formula is C9H13NO2S. The van der Waals surface area contributed by atoms with Crippen LogP contribution in [0.5, 0.6) is 0 Å². The van der Waals surface area contributed by atoms with Crippen LogP contribution in [0.3, 0.4) is 0 Å². The second-order valence-corrected chi connectivity index (χ2v) is 3.78. The molecular weight excluding hydrogens is 186 g/mol. The highest BCUT2D eigenvalue weighted by Gasteiger charge is 2.16. The van der Waals surface area contributed by atoms with Crippen LogP contribution in [0.1, 0.15) is 23.5 Å². The summed E-state index contributed by atoms with van der Waals surface area (Å²) < 4.78 is 0. The third-order valence-electron chi connectivity index (χ3n) is 2.04. The number of thiophene rings is 1. The first-order valence-electron chi connectivity index (χ1n) is 4.09. The summed E-state index contributed by atoms with van der Waals surface area (Å²) in [4.78, 5) is 10.5. The molecule has 0 saturated heterocycles. The summed E-state index contributed by atoms with van der Waals surface area (Å²) in [7, 11) is 0. The highest BCUT2D eigenvalue weighted by molar-refractivity contribution is 7.08. The fourth-order valence-electron chi connectivity index (χ4n) is 1.32. The van der Waals surface area contributed by atoms with Crippen LogP contribution in [-0.4, -0.2) is 17.6 Å². The molecule has 4 heteroatoms. The summed E-state index contributed by atoms with van der Waals surface area (Å²) in [6.07, 6.45) is 0.119. The molecule has 0 aliphatic heterocycles. The maximum atomic E-state index is 10.5. The van der Waals surface area contributed by atoms with E-state index in [-0.39, 0.29) is 12.3 Å². The average molecular weight is 199 g/mol. The predicted molar refractivity (Wildman–Crippen MR) is 53.1 cm³/mol. The Bertz CT molecular complexity index is 296. The Hall–Kier alpha value is -0.870. The SMILES string of the molecule is Cc1cscc1C(CN)CC(=O)O. The zero-order valence-corrected chi connectivity index (χ0v) is 8.30. The van der Waals surface area contributed by atoms with Gasteiger partial charge in [0, 0.05) is 5.92 Å². The van der Waals surface area contributed by atoms with Crippen molar-refractivity contribution in [2.45, 2.75) is 19.3 Å². The monoisotopic (exact) mass is 199 g/mol. The minimum atomic E-state index is -0.791. The molecule has 1 rings (SSSR count). The van der Waals surface area contributed by atoms with Gasteiger partial charge in [0.1, 0.15) is 0 Å². The zero-order chi connectivity index (χ0) is 9.84. The first-order valence-corrected chi connectivity index (χ1v) is 5.04. The molecule has 0 saturated carbocycles. The van der Waals surface area contributed by atoms with E-state index in [9.17, 15) is 4.79 Å². The maximum Gasteiger partial charge on any atom is 0.304 e. The van der Waals surface area contributed by atoms with Crippen molar-refractivity contribution in [1.82, 2.24) is 0 Å². The van der Waals surface area contributed by atoms with Crippen molar-refractivity contribution in [3.05, 3.63) is 21.9 Å². The van der Waals surface area contributed by atoms with Gasteiger partial charge < -0.3 is 10.8 Å². The fourth-order valence-corrected chi connectivity index (χ4v) is 2.25. The second-order valence-electron chi connectivity index (χ2n) is 3.04. The number of rotatable bonds is 4. The molecule has 13 heavy (non-hydrogen) atoms. The molecule has 3 nitrogen and oxygen atoms in total. The lowest BCUT2D eigenvalue weighted by Gasteiger charge is -2.11. The van der Waals surface area contributed by atoms with Crippen LogP contribution in [0.4, 0.5) is 0 Å². The van der Waals surface area contributed by atoms with Gasteiger partial charge in [-0.25, -0.2) is 0 Å². The van der Waals surface area contributed by atoms with Gasteiger partial charge in [0.05, 0.1) is 6.42 Å². The van der Waals surface area contributed by atoms with Crippen LogP contribution in [0.15, 0.2) is 10.8 Å². The van der Waals surface area contributed by atoms with Gasteiger partial charge in [-0.1, -0.05) is 0 Å². The first kappa shape index (κ1) is 10.2. The van der Waals surface area contributed by atoms with E-state index in [2.05, 4.69) is 0 Å². The predicted octanol–water partition coefficient (Wildman–Crippen LogP) is 1.57. The number of carbonyl (C=O) groups is 1. The minimum Gasteiger partial charge on any atom is -0.481 e. The lowest BCUT2D eigenvalue weighted by Crippen LogP contribution is -2.16. The molecule has 0 aliphatic rings. The Morgan fingerprint density at radius 3 is 2.77 bits per heavy atom. The van der Waals surface area contributed by atoms with Gasteiger partial charge in [-0.05, 0) is 35.4 Å². The van der Waals surface area contributed by atoms with E-state index in [4.69, 9.17) is 10.8 Å². The van der Waals surface area contributed by atoms with E-state index in [0.29, 0.717) is 6.54 Å². The standard InChI is InChI=1S/C9H13NO2S/c1-6-4-13-5-8(6)7(3-10)2-9(11)12/h4-5,7H,2-3,10H2,1H3,(H,11,12). The number of hydrogen-bond acceptors (Lipinski definition) is 3. The Balaban J connectivity index is 2.78. The van der Waals surface area contributed by atoms with E-state index in [1.165, 1.54) is 0 Å². The van der Waals surface area contributed by atoms with Crippen molar-refractivity contribution in [1.29, 1.82) is 0 Å². The Morgan fingerprint density at radius 2 is 2.38 bits per heavy atom. The Morgan fingerprint density at radius 1 is 1.69 bits per heavy atom. The normalized spacial score (nSPS) is 12.8. The van der Waals surface area contributed by atoms with Gasteiger partial charge in [-0.2, -0.15) is 11.3 Å². The van der Waals surface area contributed by atoms with Crippen LogP contribution >= 0.6 is 11.3 Å². The van der Waals surface area contributed by atoms with Crippen molar-refractivity contribution in [2.24, 2.45) is 5.73 Å². The van der Waals surface area contributed by atoms with E-state index in [1.807, 2.05) is 17.7 Å². The molecule has 1 unspecified atom stereocenters. The summed E-state index contributed by atoms with van der Waals surface area (Å²) >= 11 is 1.59. The first-order chi connectivity index (χ1) is 6.15. The summed E-state index contributed by atoms with van der Waals surface area (Å²) in [5, 5.41) is 12.6. The second kappa shape index (κ2) is 4.39. The highest BCUT2D eigenvalue weighted by Crippen LogP contribution is 2.25. The van der Waals surface area contributed by atoms with Crippen LogP contribution in [0.2, 0.25) is 0 Å². The van der Waals surface area contributed by atoms with Crippen molar-refractivity contribution in [3.63, 3.8) is 0 Å². The number of hydrogen-bond donors (Lipinski definition) is 2. The van der Waals surface area contributed by atoms with E-state index in [1.54, 1.807) is 11.3 Å². The summed E-state index contributed by atoms with van der Waals surface area (Å²) in [5.41, 5.74) is 7.74. The third-order valence-corrected chi connectivity index (χ3v) is 2.92. The highest BCUT2D eigenvalue weighted by atomic mass is 32.1. The van der Waals surface area contributed by atoms with Crippen LogP contribution < -0.4 is 5.73 Å². The molecule has 72 valence electrons. The van der Waals surface area contributed by atoms with Gasteiger partial charge in [-0.3, -0.25) is 4.79 Å². The molecule has 0 aromatic carbocycles. The van der Waals surface area contributed by atoms with Gasteiger partial charge >= 0.3 is 5.97 Å². The smallest absolute Gasteiger partial charge is 0.304 e. The topological polar surface area (TPSA) is 63.3 Å². The van der Waals surface area contributed by atoms with Gasteiger partial charge in [0.25, 0.3) is 0 Å². The van der Waals surface area contributed by atoms with E-state index in [0.717, 1.165) is 11.1 Å². The number of aliphatic carboxylic acids is 1. The zero-order valence-electron chi connectivity index (χ0n) is 7.49. The van der Waals surface area contributed by atoms with Crippen molar-refractivity contribution < 1.29 is 9.90 Å². The van der Waals surface area contributed by atoms with Crippen molar-refractivity contribution >= 4 is 17.3 Å². The van der Waals surface area contributed by atoms with Crippen LogP contribution in [-0.2, 0) is 4.79 Å². The molecule has 0 fully saturated rings. The lowest BCUT2D eigenvalue weighted by molar-refractivity contribution is -0.137. The lowest BCUT2D eigenvalue weighted by atomic mass is 9.96. The molecule has 3 N–H and O–H groups in total. The minimum absolute atomic E-state index is 0.0382. The molecule has 1 atom stereocenters. The number of carboxylic acid groups (broad SMARTS) is 1. The average Bonchev–Trinajstić information content (AvgIpc) is 2.47. The summed E-state index contributed by atoms with van der Waals surface area (Å²) in [6.45, 7) is 2.38. The maximum absolute atomic E-state index is 10.5. The van der Waals surface area contributed by atoms with Crippen molar-refractivity contribution in [3.8, 4) is 0 Å². The van der Waals surface area contributed by atoms with Crippen molar-refractivity contribution in [2.75, 3.05) is 6.54 Å². The van der Waals surface area contributed by atoms with E-state index >= 15 is 0 Å². The summed E-state index contributed by atoms with van der Waals surface area (Å²) in [6, 6.07) is 0. The molecule has 1 aromatic rings. The van der Waals surface area contributed by atoms with Gasteiger partial charge in [-0.15, -0.1) is 0 Å². The number of aryl methyl sites for hydroxylation is 1. The molecule has 0 radical (unpaired) electrons. The molecule has 0 amide bonds. The Kier molecular flexibility index (Phi) is 3.45. The molecule has 1 heterocycles. The van der Waals surface area contributed by atoms with Crippen LogP contribution in [0.25, 0.3) is 0 Å². The van der Waals surface area contributed by atoms with E-state index < -0.39 is 5.97 Å². The number of carboxylic acids is 1. The molecule has 0 bridgehead atoms. The fraction of sp³-hybridized carbons (Fsp3) is 0.444. The molecule has 0 spiro atoms. The molecule has 0 aliphatic carbocycles. The molecule has 1 aromatic heterocycles.